The SMILES string of the molecule is CC.CC.C[C@H]1CCN(c2ccc3ncsc3n2)C1. The van der Waals surface area contributed by atoms with Crippen LogP contribution in [-0.4, -0.2) is 23.1 Å². The lowest BCUT2D eigenvalue weighted by atomic mass is 10.2. The number of nitrogens with zero attached hydrogens (tertiary/aromatic N) is 3. The van der Waals surface area contributed by atoms with Gasteiger partial charge in [0.1, 0.15) is 16.2 Å². The molecule has 1 aliphatic rings. The lowest BCUT2D eigenvalue weighted by Crippen LogP contribution is -2.19. The van der Waals surface area contributed by atoms with Gasteiger partial charge in [0.2, 0.25) is 0 Å². The normalized spacial score (nSPS) is 17.5. The molecule has 0 aromatic carbocycles. The second-order valence-corrected chi connectivity index (χ2v) is 5.02. The zero-order valence-electron chi connectivity index (χ0n) is 12.7. The molecule has 106 valence electrons. The summed E-state index contributed by atoms with van der Waals surface area (Å²) in [6.07, 6.45) is 1.28. The topological polar surface area (TPSA) is 29.0 Å². The molecule has 0 aliphatic carbocycles. The average Bonchev–Trinajstić information content (AvgIpc) is 3.11. The number of anilines is 1. The Morgan fingerprint density at radius 2 is 1.95 bits per heavy atom. The Morgan fingerprint density at radius 3 is 2.58 bits per heavy atom. The Morgan fingerprint density at radius 1 is 1.21 bits per heavy atom. The number of aromatic nitrogens is 2. The lowest BCUT2D eigenvalue weighted by Gasteiger charge is -2.16. The van der Waals surface area contributed by atoms with Gasteiger partial charge in [0, 0.05) is 13.1 Å². The van der Waals surface area contributed by atoms with E-state index >= 15 is 0 Å². The van der Waals surface area contributed by atoms with Gasteiger partial charge in [0.05, 0.1) is 5.51 Å². The zero-order chi connectivity index (χ0) is 14.3. The van der Waals surface area contributed by atoms with Crippen molar-refractivity contribution < 1.29 is 0 Å². The minimum absolute atomic E-state index is 0.795. The molecule has 1 saturated heterocycles. The van der Waals surface area contributed by atoms with Crippen LogP contribution in [0.1, 0.15) is 41.0 Å². The molecule has 0 N–H and O–H groups in total. The van der Waals surface area contributed by atoms with Gasteiger partial charge in [-0.25, -0.2) is 9.97 Å². The highest BCUT2D eigenvalue weighted by molar-refractivity contribution is 7.16. The van der Waals surface area contributed by atoms with Crippen molar-refractivity contribution in [2.45, 2.75) is 41.0 Å². The van der Waals surface area contributed by atoms with Crippen molar-refractivity contribution in [3.05, 3.63) is 17.6 Å². The Labute approximate surface area is 120 Å². The summed E-state index contributed by atoms with van der Waals surface area (Å²) in [6.45, 7) is 12.6. The van der Waals surface area contributed by atoms with E-state index in [0.29, 0.717) is 0 Å². The number of thiazole rings is 1. The molecule has 0 amide bonds. The van der Waals surface area contributed by atoms with Gasteiger partial charge in [0.15, 0.2) is 0 Å². The fourth-order valence-corrected chi connectivity index (χ4v) is 2.71. The highest BCUT2D eigenvalue weighted by Crippen LogP contribution is 2.24. The van der Waals surface area contributed by atoms with Gasteiger partial charge in [-0.15, -0.1) is 11.3 Å². The highest BCUT2D eigenvalue weighted by Gasteiger charge is 2.19. The molecular weight excluding hydrogens is 254 g/mol. The first-order chi connectivity index (χ1) is 9.33. The summed E-state index contributed by atoms with van der Waals surface area (Å²) in [5.41, 5.74) is 2.87. The summed E-state index contributed by atoms with van der Waals surface area (Å²) in [5.74, 6) is 1.90. The van der Waals surface area contributed by atoms with Gasteiger partial charge in [-0.1, -0.05) is 34.6 Å². The lowest BCUT2D eigenvalue weighted by molar-refractivity contribution is 0.659. The summed E-state index contributed by atoms with van der Waals surface area (Å²) in [7, 11) is 0. The Kier molecular flexibility index (Phi) is 6.78. The van der Waals surface area contributed by atoms with Crippen molar-refractivity contribution in [1.29, 1.82) is 0 Å². The third kappa shape index (κ3) is 3.90. The first-order valence-corrected chi connectivity index (χ1v) is 8.16. The van der Waals surface area contributed by atoms with Gasteiger partial charge < -0.3 is 4.90 Å². The second kappa shape index (κ2) is 8.10. The summed E-state index contributed by atoms with van der Waals surface area (Å²) in [4.78, 5) is 12.3. The van der Waals surface area contributed by atoms with Crippen LogP contribution in [-0.2, 0) is 0 Å². The molecule has 3 heterocycles. The van der Waals surface area contributed by atoms with E-state index in [1.807, 2.05) is 33.2 Å². The molecule has 2 aromatic heterocycles. The van der Waals surface area contributed by atoms with Crippen LogP contribution in [0.3, 0.4) is 0 Å². The van der Waals surface area contributed by atoms with Gasteiger partial charge in [-0.3, -0.25) is 0 Å². The fraction of sp³-hybridized carbons (Fsp3) is 0.600. The molecule has 1 fully saturated rings. The molecule has 0 bridgehead atoms. The molecular formula is C15H25N3S. The number of hydrogen-bond donors (Lipinski definition) is 0. The first-order valence-electron chi connectivity index (χ1n) is 7.28. The third-order valence-electron chi connectivity index (χ3n) is 2.93. The molecule has 3 rings (SSSR count). The van der Waals surface area contributed by atoms with E-state index in [4.69, 9.17) is 0 Å². The van der Waals surface area contributed by atoms with Gasteiger partial charge in [0.25, 0.3) is 0 Å². The molecule has 0 unspecified atom stereocenters. The molecule has 0 radical (unpaired) electrons. The van der Waals surface area contributed by atoms with Gasteiger partial charge in [-0.05, 0) is 24.5 Å². The largest absolute Gasteiger partial charge is 0.356 e. The van der Waals surface area contributed by atoms with Crippen LogP contribution in [0, 0.1) is 5.92 Å². The molecule has 3 nitrogen and oxygen atoms in total. The Hall–Kier alpha value is -1.16. The van der Waals surface area contributed by atoms with E-state index in [1.54, 1.807) is 11.3 Å². The standard InChI is InChI=1S/C11H13N3S.2C2H6/c1-8-4-5-14(6-8)10-3-2-9-11(13-10)15-7-12-9;2*1-2/h2-3,7-8H,4-6H2,1H3;2*1-2H3/t8-;;/m0../s1. The van der Waals surface area contributed by atoms with Crippen LogP contribution in [0.5, 0.6) is 0 Å². The third-order valence-corrected chi connectivity index (χ3v) is 3.66. The zero-order valence-corrected chi connectivity index (χ0v) is 13.5. The van der Waals surface area contributed by atoms with Crippen LogP contribution in [0.4, 0.5) is 5.82 Å². The molecule has 0 spiro atoms. The minimum atomic E-state index is 0.795. The number of hydrogen-bond acceptors (Lipinski definition) is 4. The monoisotopic (exact) mass is 279 g/mol. The average molecular weight is 279 g/mol. The van der Waals surface area contributed by atoms with E-state index in [1.165, 1.54) is 6.42 Å². The second-order valence-electron chi connectivity index (χ2n) is 4.19. The smallest absolute Gasteiger partial charge is 0.145 e. The van der Waals surface area contributed by atoms with Crippen molar-refractivity contribution >= 4 is 27.5 Å². The molecule has 4 heteroatoms. The maximum Gasteiger partial charge on any atom is 0.145 e. The summed E-state index contributed by atoms with van der Waals surface area (Å²) < 4.78 is 0. The van der Waals surface area contributed by atoms with Crippen molar-refractivity contribution in [3.63, 3.8) is 0 Å². The predicted octanol–water partition coefficient (Wildman–Crippen LogP) is 4.59. The summed E-state index contributed by atoms with van der Waals surface area (Å²) >= 11 is 1.61. The highest BCUT2D eigenvalue weighted by atomic mass is 32.1. The fourth-order valence-electron chi connectivity index (χ4n) is 2.06. The van der Waals surface area contributed by atoms with Crippen LogP contribution in [0.2, 0.25) is 0 Å². The van der Waals surface area contributed by atoms with Gasteiger partial charge >= 0.3 is 0 Å². The molecule has 19 heavy (non-hydrogen) atoms. The van der Waals surface area contributed by atoms with E-state index in [-0.39, 0.29) is 0 Å². The van der Waals surface area contributed by atoms with Crippen LogP contribution < -0.4 is 4.90 Å². The van der Waals surface area contributed by atoms with Crippen molar-refractivity contribution in [3.8, 4) is 0 Å². The van der Waals surface area contributed by atoms with Crippen LogP contribution >= 0.6 is 11.3 Å². The maximum atomic E-state index is 4.63. The summed E-state index contributed by atoms with van der Waals surface area (Å²) in [6, 6.07) is 4.15. The molecule has 0 saturated carbocycles. The van der Waals surface area contributed by atoms with E-state index in [2.05, 4.69) is 33.9 Å². The van der Waals surface area contributed by atoms with Crippen molar-refractivity contribution in [1.82, 2.24) is 9.97 Å². The maximum absolute atomic E-state index is 4.63. The van der Waals surface area contributed by atoms with E-state index in [0.717, 1.165) is 35.2 Å². The summed E-state index contributed by atoms with van der Waals surface area (Å²) in [5, 5.41) is 0. The number of pyridine rings is 1. The number of fused-ring (bicyclic) bond motifs is 1. The van der Waals surface area contributed by atoms with E-state index < -0.39 is 0 Å². The van der Waals surface area contributed by atoms with Crippen molar-refractivity contribution in [2.75, 3.05) is 18.0 Å². The van der Waals surface area contributed by atoms with E-state index in [9.17, 15) is 0 Å². The number of rotatable bonds is 1. The van der Waals surface area contributed by atoms with Crippen molar-refractivity contribution in [2.24, 2.45) is 5.92 Å². The quantitative estimate of drug-likeness (QED) is 0.764. The van der Waals surface area contributed by atoms with Crippen LogP contribution in [0.25, 0.3) is 10.3 Å². The Balaban J connectivity index is 0.000000415. The first kappa shape index (κ1) is 15.9. The predicted molar refractivity (Wildman–Crippen MR) is 86.1 cm³/mol. The van der Waals surface area contributed by atoms with Gasteiger partial charge in [-0.2, -0.15) is 0 Å². The molecule has 1 aliphatic heterocycles. The molecule has 2 aromatic rings. The minimum Gasteiger partial charge on any atom is -0.356 e. The van der Waals surface area contributed by atoms with Crippen LogP contribution in [0.15, 0.2) is 17.6 Å². The Bertz CT molecular complexity index is 481. The molecule has 1 atom stereocenters.